The summed E-state index contributed by atoms with van der Waals surface area (Å²) in [5, 5.41) is 14.4. The second-order valence-electron chi connectivity index (χ2n) is 7.26. The molecule has 0 radical (unpaired) electrons. The third kappa shape index (κ3) is 5.35. The highest BCUT2D eigenvalue weighted by molar-refractivity contribution is 7.99. The van der Waals surface area contributed by atoms with Gasteiger partial charge in [-0.15, -0.1) is 21.5 Å². The average Bonchev–Trinajstić information content (AvgIpc) is 3.40. The number of aromatic nitrogens is 4. The van der Waals surface area contributed by atoms with Gasteiger partial charge in [0.2, 0.25) is 5.91 Å². The van der Waals surface area contributed by atoms with Gasteiger partial charge in [-0.1, -0.05) is 54.2 Å². The molecule has 1 amide bonds. The van der Waals surface area contributed by atoms with Crippen molar-refractivity contribution < 1.29 is 9.53 Å². The van der Waals surface area contributed by atoms with Gasteiger partial charge in [0.1, 0.15) is 12.4 Å². The highest BCUT2D eigenvalue weighted by atomic mass is 32.2. The Kier molecular flexibility index (Phi) is 6.87. The Labute approximate surface area is 194 Å². The first-order chi connectivity index (χ1) is 15.5. The summed E-state index contributed by atoms with van der Waals surface area (Å²) in [7, 11) is 1.87. The summed E-state index contributed by atoms with van der Waals surface area (Å²) >= 11 is 2.73. The minimum atomic E-state index is -0.139. The molecule has 4 rings (SSSR count). The van der Waals surface area contributed by atoms with Crippen molar-refractivity contribution >= 4 is 34.1 Å². The Balaban J connectivity index is 1.30. The number of nitrogens with zero attached hydrogens (tertiary/aromatic N) is 4. The van der Waals surface area contributed by atoms with E-state index in [0.29, 0.717) is 22.7 Å². The summed E-state index contributed by atoms with van der Waals surface area (Å²) < 4.78 is 7.77. The fourth-order valence-corrected chi connectivity index (χ4v) is 4.43. The number of anilines is 1. The lowest BCUT2D eigenvalue weighted by molar-refractivity contribution is -0.113. The number of thiazole rings is 1. The lowest BCUT2D eigenvalue weighted by Crippen LogP contribution is -2.14. The highest BCUT2D eigenvalue weighted by Crippen LogP contribution is 2.25. The van der Waals surface area contributed by atoms with E-state index in [9.17, 15) is 4.79 Å². The third-order valence-corrected chi connectivity index (χ3v) is 6.56. The molecule has 0 spiro atoms. The zero-order chi connectivity index (χ0) is 22.5. The fourth-order valence-electron chi connectivity index (χ4n) is 2.96. The van der Waals surface area contributed by atoms with Crippen molar-refractivity contribution in [1.82, 2.24) is 19.7 Å². The summed E-state index contributed by atoms with van der Waals surface area (Å²) in [5.41, 5.74) is 4.08. The van der Waals surface area contributed by atoms with Crippen molar-refractivity contribution in [1.29, 1.82) is 0 Å². The number of carbonyl (C=O) groups excluding carboxylic acids is 1. The topological polar surface area (TPSA) is 81.9 Å². The summed E-state index contributed by atoms with van der Waals surface area (Å²) in [5.74, 6) is 1.60. The Morgan fingerprint density at radius 3 is 2.78 bits per heavy atom. The van der Waals surface area contributed by atoms with Crippen LogP contribution in [-0.2, 0) is 18.4 Å². The van der Waals surface area contributed by atoms with Crippen LogP contribution in [0, 0.1) is 13.8 Å². The van der Waals surface area contributed by atoms with E-state index in [1.165, 1.54) is 23.1 Å². The molecule has 0 aliphatic heterocycles. The molecule has 0 aliphatic rings. The van der Waals surface area contributed by atoms with Crippen LogP contribution in [0.1, 0.15) is 17.0 Å². The Bertz CT molecular complexity index is 1220. The molecule has 2 aromatic heterocycles. The van der Waals surface area contributed by atoms with Gasteiger partial charge < -0.3 is 14.6 Å². The van der Waals surface area contributed by atoms with E-state index in [2.05, 4.69) is 26.6 Å². The maximum Gasteiger partial charge on any atom is 0.236 e. The number of amides is 1. The molecule has 164 valence electrons. The van der Waals surface area contributed by atoms with Crippen molar-refractivity contribution in [3.05, 3.63) is 70.9 Å². The highest BCUT2D eigenvalue weighted by Gasteiger charge is 2.14. The van der Waals surface area contributed by atoms with Gasteiger partial charge in [-0.25, -0.2) is 4.98 Å². The molecule has 0 saturated heterocycles. The lowest BCUT2D eigenvalue weighted by Gasteiger charge is -2.09. The molecule has 1 N–H and O–H groups in total. The average molecular weight is 466 g/mol. The molecular weight excluding hydrogens is 442 g/mol. The fraction of sp³-hybridized carbons (Fsp3) is 0.217. The molecule has 32 heavy (non-hydrogen) atoms. The first-order valence-corrected chi connectivity index (χ1v) is 11.9. The van der Waals surface area contributed by atoms with Crippen LogP contribution in [0.2, 0.25) is 0 Å². The lowest BCUT2D eigenvalue weighted by atomic mass is 10.1. The van der Waals surface area contributed by atoms with Crippen LogP contribution in [0.4, 0.5) is 5.13 Å². The zero-order valence-corrected chi connectivity index (χ0v) is 19.7. The number of carbonyl (C=O) groups is 1. The molecule has 0 fully saturated rings. The number of thioether (sulfide) groups is 1. The number of ether oxygens (including phenoxy) is 1. The molecule has 0 bridgehead atoms. The summed E-state index contributed by atoms with van der Waals surface area (Å²) in [6.45, 7) is 4.35. The summed E-state index contributed by atoms with van der Waals surface area (Å²) in [4.78, 5) is 16.9. The third-order valence-electron chi connectivity index (χ3n) is 4.78. The van der Waals surface area contributed by atoms with Crippen LogP contribution >= 0.6 is 23.1 Å². The van der Waals surface area contributed by atoms with Crippen molar-refractivity contribution in [2.75, 3.05) is 11.1 Å². The number of rotatable bonds is 8. The van der Waals surface area contributed by atoms with E-state index in [4.69, 9.17) is 4.74 Å². The number of nitrogens with one attached hydrogen (secondary N) is 1. The van der Waals surface area contributed by atoms with Gasteiger partial charge in [0.25, 0.3) is 0 Å². The minimum Gasteiger partial charge on any atom is -0.485 e. The van der Waals surface area contributed by atoms with E-state index in [0.717, 1.165) is 28.1 Å². The quantitative estimate of drug-likeness (QED) is 0.374. The van der Waals surface area contributed by atoms with Gasteiger partial charge in [0.05, 0.1) is 11.4 Å². The molecule has 2 aromatic carbocycles. The van der Waals surface area contributed by atoms with Gasteiger partial charge in [0.15, 0.2) is 16.1 Å². The largest absolute Gasteiger partial charge is 0.485 e. The van der Waals surface area contributed by atoms with Crippen molar-refractivity contribution in [2.45, 2.75) is 25.6 Å². The zero-order valence-electron chi connectivity index (χ0n) is 18.0. The first-order valence-electron chi connectivity index (χ1n) is 10.0. The molecule has 0 saturated carbocycles. The molecule has 2 heterocycles. The minimum absolute atomic E-state index is 0.139. The smallest absolute Gasteiger partial charge is 0.236 e. The predicted molar refractivity (Wildman–Crippen MR) is 128 cm³/mol. The van der Waals surface area contributed by atoms with E-state index in [1.54, 1.807) is 0 Å². The second kappa shape index (κ2) is 9.97. The monoisotopic (exact) mass is 465 g/mol. The number of benzene rings is 2. The Morgan fingerprint density at radius 2 is 1.97 bits per heavy atom. The van der Waals surface area contributed by atoms with Gasteiger partial charge in [-0.3, -0.25) is 4.79 Å². The van der Waals surface area contributed by atoms with Crippen LogP contribution in [-0.4, -0.2) is 31.4 Å². The van der Waals surface area contributed by atoms with Crippen LogP contribution in [0.5, 0.6) is 5.75 Å². The molecular formula is C23H23N5O2S2. The van der Waals surface area contributed by atoms with Crippen molar-refractivity contribution in [2.24, 2.45) is 7.05 Å². The summed E-state index contributed by atoms with van der Waals surface area (Å²) in [6, 6.07) is 16.0. The SMILES string of the molecule is Cc1ccc(C)c(OCc2nnc(SCC(=O)Nc3nc(-c4ccccc4)cs3)n2C)c1. The molecule has 0 aliphatic carbocycles. The predicted octanol–water partition coefficient (Wildman–Crippen LogP) is 4.87. The molecule has 4 aromatic rings. The van der Waals surface area contributed by atoms with Gasteiger partial charge >= 0.3 is 0 Å². The van der Waals surface area contributed by atoms with E-state index >= 15 is 0 Å². The van der Waals surface area contributed by atoms with E-state index < -0.39 is 0 Å². The number of hydrogen-bond acceptors (Lipinski definition) is 7. The van der Waals surface area contributed by atoms with Crippen LogP contribution in [0.15, 0.2) is 59.1 Å². The number of hydrogen-bond donors (Lipinski definition) is 1. The Hall–Kier alpha value is -3.17. The van der Waals surface area contributed by atoms with Crippen molar-refractivity contribution in [3.8, 4) is 17.0 Å². The maximum absolute atomic E-state index is 12.4. The number of aryl methyl sites for hydroxylation is 2. The van der Waals surface area contributed by atoms with Gasteiger partial charge in [0, 0.05) is 18.0 Å². The molecule has 0 unspecified atom stereocenters. The van der Waals surface area contributed by atoms with Gasteiger partial charge in [-0.05, 0) is 31.0 Å². The van der Waals surface area contributed by atoms with Crippen LogP contribution in [0.25, 0.3) is 11.3 Å². The summed E-state index contributed by atoms with van der Waals surface area (Å²) in [6.07, 6.45) is 0. The molecule has 7 nitrogen and oxygen atoms in total. The first kappa shape index (κ1) is 22.0. The van der Waals surface area contributed by atoms with E-state index in [-0.39, 0.29) is 11.7 Å². The maximum atomic E-state index is 12.4. The van der Waals surface area contributed by atoms with E-state index in [1.807, 2.05) is 73.3 Å². The molecule has 0 atom stereocenters. The van der Waals surface area contributed by atoms with Gasteiger partial charge in [-0.2, -0.15) is 0 Å². The van der Waals surface area contributed by atoms with Crippen LogP contribution < -0.4 is 10.1 Å². The van der Waals surface area contributed by atoms with Crippen molar-refractivity contribution in [3.63, 3.8) is 0 Å². The van der Waals surface area contributed by atoms with Crippen LogP contribution in [0.3, 0.4) is 0 Å². The normalized spacial score (nSPS) is 10.8. The Morgan fingerprint density at radius 1 is 1.16 bits per heavy atom. The molecule has 9 heteroatoms. The second-order valence-corrected chi connectivity index (χ2v) is 9.06. The standard InChI is InChI=1S/C23H23N5O2S2/c1-15-9-10-16(2)19(11-15)30-12-20-26-27-23(28(20)3)32-14-21(29)25-22-24-18(13-31-22)17-7-5-4-6-8-17/h4-11,13H,12,14H2,1-3H3,(H,24,25,29).